The number of likely N-dealkylation sites (tertiary alicyclic amines) is 1. The number of aryl methyl sites for hydroxylation is 1. The van der Waals surface area contributed by atoms with Gasteiger partial charge < -0.3 is 34.9 Å². The molecular weight excluding hydrogens is 572 g/mol. The number of fused-ring (bicyclic) bond motifs is 2. The third kappa shape index (κ3) is 6.21. The first-order chi connectivity index (χ1) is 21.9. The second kappa shape index (κ2) is 13.2. The Bertz CT molecular complexity index is 1690. The van der Waals surface area contributed by atoms with Crippen LogP contribution in [0.25, 0.3) is 10.8 Å². The first-order valence-electron chi connectivity index (χ1n) is 15.6. The molecule has 10 nitrogen and oxygen atoms in total. The lowest BCUT2D eigenvalue weighted by atomic mass is 9.84. The summed E-state index contributed by atoms with van der Waals surface area (Å²) in [6.07, 6.45) is 4.07. The molecule has 0 unspecified atom stereocenters. The Kier molecular flexibility index (Phi) is 8.95. The number of carbonyl (C=O) groups is 2. The summed E-state index contributed by atoms with van der Waals surface area (Å²) in [5.74, 6) is -0.792. The fourth-order valence-corrected chi connectivity index (χ4v) is 6.80. The normalized spacial score (nSPS) is 19.3. The number of carboxylic acids is 1. The lowest BCUT2D eigenvalue weighted by Crippen LogP contribution is -2.45. The van der Waals surface area contributed by atoms with Crippen LogP contribution in [-0.2, 0) is 22.7 Å². The van der Waals surface area contributed by atoms with Gasteiger partial charge in [0, 0.05) is 60.8 Å². The molecule has 1 fully saturated rings. The minimum atomic E-state index is -0.919. The van der Waals surface area contributed by atoms with Crippen molar-refractivity contribution in [3.8, 4) is 17.4 Å². The predicted octanol–water partition coefficient (Wildman–Crippen LogP) is 4.93. The quantitative estimate of drug-likeness (QED) is 0.205. The highest BCUT2D eigenvalue weighted by Gasteiger charge is 2.47. The number of nitrogens with two attached hydrogens (primary N) is 1. The number of benzene rings is 3. The minimum Gasteiger partial charge on any atom is -0.494 e. The van der Waals surface area contributed by atoms with Gasteiger partial charge in [-0.3, -0.25) is 14.5 Å². The third-order valence-corrected chi connectivity index (χ3v) is 9.13. The number of hydrogen-bond donors (Lipinski definition) is 3. The van der Waals surface area contributed by atoms with Crippen molar-refractivity contribution in [1.82, 2.24) is 9.47 Å². The summed E-state index contributed by atoms with van der Waals surface area (Å²) in [6, 6.07) is 20.4. The zero-order valence-electron chi connectivity index (χ0n) is 25.5. The van der Waals surface area contributed by atoms with Gasteiger partial charge in [-0.15, -0.1) is 0 Å². The van der Waals surface area contributed by atoms with Crippen molar-refractivity contribution in [2.45, 2.75) is 51.2 Å². The maximum absolute atomic E-state index is 14.1. The van der Waals surface area contributed by atoms with E-state index in [9.17, 15) is 19.8 Å². The van der Waals surface area contributed by atoms with E-state index in [2.05, 4.69) is 6.92 Å². The molecule has 4 N–H and O–H groups in total. The van der Waals surface area contributed by atoms with Crippen LogP contribution in [0.5, 0.6) is 17.4 Å². The Labute approximate surface area is 262 Å². The summed E-state index contributed by atoms with van der Waals surface area (Å²) in [5.41, 5.74) is 8.47. The van der Waals surface area contributed by atoms with Crippen LogP contribution in [0.2, 0.25) is 0 Å². The maximum atomic E-state index is 14.1. The largest absolute Gasteiger partial charge is 0.494 e. The topological polar surface area (TPSA) is 130 Å². The molecule has 0 bridgehead atoms. The molecule has 1 saturated heterocycles. The van der Waals surface area contributed by atoms with Gasteiger partial charge in [0.15, 0.2) is 17.4 Å². The summed E-state index contributed by atoms with van der Waals surface area (Å²) in [5, 5.41) is 23.2. The lowest BCUT2D eigenvalue weighted by molar-refractivity contribution is -0.143. The van der Waals surface area contributed by atoms with Gasteiger partial charge >= 0.3 is 5.97 Å². The number of aliphatic carboxylic acids is 1. The van der Waals surface area contributed by atoms with Crippen molar-refractivity contribution in [1.29, 1.82) is 0 Å². The Morgan fingerprint density at radius 3 is 2.64 bits per heavy atom. The molecule has 236 valence electrons. The van der Waals surface area contributed by atoms with Crippen LogP contribution < -0.4 is 20.1 Å². The zero-order chi connectivity index (χ0) is 31.5. The first-order valence-corrected chi connectivity index (χ1v) is 15.6. The van der Waals surface area contributed by atoms with Gasteiger partial charge in [-0.1, -0.05) is 49.7 Å². The van der Waals surface area contributed by atoms with Crippen molar-refractivity contribution >= 4 is 28.3 Å². The number of hydrogen-bond acceptors (Lipinski definition) is 7. The molecule has 1 amide bonds. The Morgan fingerprint density at radius 1 is 1.04 bits per heavy atom. The highest BCUT2D eigenvalue weighted by Crippen LogP contribution is 2.43. The molecule has 4 aromatic rings. The molecule has 2 aliphatic rings. The number of carboxylic acid groups (broad SMARTS) is 1. The second-order valence-electron chi connectivity index (χ2n) is 11.9. The number of carbonyl (C=O) groups excluding carboxylic acids is 1. The molecule has 0 spiro atoms. The Hall–Kier alpha value is -4.54. The third-order valence-electron chi connectivity index (χ3n) is 9.13. The SMILES string of the molecule is CCCCN(C(=O)CN1C[C@H](c2ccc3c(c2)OCO3)[C@@H](C(=O)O)[C@@H]1CCn1cc2ccccc2c1O)c1cccc(CN)c1. The summed E-state index contributed by atoms with van der Waals surface area (Å²) in [6.45, 7) is 3.98. The standard InChI is InChI=1S/C35H40N4O6/c1-2-3-14-39(26-9-6-7-23(16-26)18-36)32(40)21-38-20-28(24-11-12-30-31(17-24)45-22-44-30)33(35(42)43)29(38)13-15-37-19-25-8-4-5-10-27(25)34(37)41/h4-12,16-17,19,28-29,33,41H,2-3,13-15,18,20-22,36H2,1H3,(H,42,43)/t28-,29+,33-/m1/s1. The molecule has 45 heavy (non-hydrogen) atoms. The smallest absolute Gasteiger partial charge is 0.308 e. The van der Waals surface area contributed by atoms with Crippen LogP contribution in [0.1, 0.15) is 43.2 Å². The van der Waals surface area contributed by atoms with E-state index in [1.807, 2.05) is 77.8 Å². The Balaban J connectivity index is 1.32. The van der Waals surface area contributed by atoms with Crippen LogP contribution in [-0.4, -0.2) is 64.0 Å². The summed E-state index contributed by atoms with van der Waals surface area (Å²) in [7, 11) is 0. The number of amides is 1. The van der Waals surface area contributed by atoms with E-state index in [4.69, 9.17) is 15.2 Å². The fourth-order valence-electron chi connectivity index (χ4n) is 6.80. The van der Waals surface area contributed by atoms with Crippen molar-refractivity contribution in [2.75, 3.05) is 31.3 Å². The second-order valence-corrected chi connectivity index (χ2v) is 11.9. The van der Waals surface area contributed by atoms with E-state index >= 15 is 0 Å². The number of aromatic hydroxyl groups is 1. The maximum Gasteiger partial charge on any atom is 0.308 e. The van der Waals surface area contributed by atoms with Crippen molar-refractivity contribution < 1.29 is 29.3 Å². The van der Waals surface area contributed by atoms with E-state index in [0.717, 1.165) is 40.4 Å². The molecule has 10 heteroatoms. The van der Waals surface area contributed by atoms with Gasteiger partial charge in [-0.2, -0.15) is 0 Å². The molecule has 0 saturated carbocycles. The predicted molar refractivity (Wildman–Crippen MR) is 172 cm³/mol. The molecule has 0 radical (unpaired) electrons. The van der Waals surface area contributed by atoms with E-state index < -0.39 is 17.9 Å². The average Bonchev–Trinajstić information content (AvgIpc) is 3.75. The van der Waals surface area contributed by atoms with Gasteiger partial charge in [0.25, 0.3) is 0 Å². The van der Waals surface area contributed by atoms with Crippen LogP contribution in [0.3, 0.4) is 0 Å². The highest BCUT2D eigenvalue weighted by molar-refractivity contribution is 5.95. The van der Waals surface area contributed by atoms with Crippen LogP contribution >= 0.6 is 0 Å². The number of rotatable bonds is 12. The van der Waals surface area contributed by atoms with Gasteiger partial charge in [-0.05, 0) is 54.3 Å². The van der Waals surface area contributed by atoms with E-state index in [1.54, 1.807) is 9.47 Å². The molecule has 3 heterocycles. The van der Waals surface area contributed by atoms with Crippen molar-refractivity contribution in [3.05, 3.63) is 84.1 Å². The molecule has 6 rings (SSSR count). The molecule has 2 aliphatic heterocycles. The summed E-state index contributed by atoms with van der Waals surface area (Å²) < 4.78 is 12.9. The van der Waals surface area contributed by atoms with E-state index in [1.165, 1.54) is 0 Å². The molecule has 3 atom stereocenters. The number of nitrogens with zero attached hydrogens (tertiary/aromatic N) is 3. The molecule has 0 aliphatic carbocycles. The van der Waals surface area contributed by atoms with Gasteiger partial charge in [0.05, 0.1) is 12.5 Å². The lowest BCUT2D eigenvalue weighted by Gasteiger charge is -2.30. The number of unbranched alkanes of at least 4 members (excludes halogenated alkanes) is 1. The zero-order valence-corrected chi connectivity index (χ0v) is 25.5. The Morgan fingerprint density at radius 2 is 1.87 bits per heavy atom. The average molecular weight is 613 g/mol. The van der Waals surface area contributed by atoms with Crippen LogP contribution in [0.15, 0.2) is 72.9 Å². The van der Waals surface area contributed by atoms with Gasteiger partial charge in [0.1, 0.15) is 0 Å². The van der Waals surface area contributed by atoms with Crippen molar-refractivity contribution in [2.24, 2.45) is 11.7 Å². The number of ether oxygens (including phenoxy) is 2. The molecule has 1 aromatic heterocycles. The monoisotopic (exact) mass is 612 g/mol. The minimum absolute atomic E-state index is 0.0612. The van der Waals surface area contributed by atoms with Gasteiger partial charge in [-0.25, -0.2) is 0 Å². The highest BCUT2D eigenvalue weighted by atomic mass is 16.7. The summed E-state index contributed by atoms with van der Waals surface area (Å²) >= 11 is 0. The number of aromatic nitrogens is 1. The summed E-state index contributed by atoms with van der Waals surface area (Å²) in [4.78, 5) is 30.9. The van der Waals surface area contributed by atoms with Crippen molar-refractivity contribution in [3.63, 3.8) is 0 Å². The van der Waals surface area contributed by atoms with Crippen LogP contribution in [0, 0.1) is 5.92 Å². The van der Waals surface area contributed by atoms with Crippen LogP contribution in [0.4, 0.5) is 5.69 Å². The first kappa shape index (κ1) is 30.5. The molecular formula is C35H40N4O6. The number of anilines is 1. The van der Waals surface area contributed by atoms with Gasteiger partial charge in [0.2, 0.25) is 12.7 Å². The fraction of sp³-hybridized carbons (Fsp3) is 0.371. The molecule has 3 aromatic carbocycles. The van der Waals surface area contributed by atoms with E-state index in [-0.39, 0.29) is 31.0 Å². The van der Waals surface area contributed by atoms with E-state index in [0.29, 0.717) is 44.1 Å².